The van der Waals surface area contributed by atoms with Gasteiger partial charge in [-0.3, -0.25) is 0 Å². The maximum absolute atomic E-state index is 4.72. The molecule has 0 saturated carbocycles. The third kappa shape index (κ3) is 7.16. The molecular formula is C35H49N3S. The molecular weight excluding hydrogens is 494 g/mol. The van der Waals surface area contributed by atoms with Crippen molar-refractivity contribution in [2.75, 3.05) is 6.26 Å². The Labute approximate surface area is 237 Å². The number of nitrogens with zero attached hydrogens (tertiary/aromatic N) is 1. The maximum Gasteiger partial charge on any atom is 0.138 e. The standard InChI is InChI=1S/C32H41N3S.C3H8/c1-9-11-15-25(13-10-2)34-23(5)27-19-28(24-14-12-16-26(18-24)36(6,7)8)30-29-17-21(3)20-33-32(29)35-31(30)22(27)4;1-3-2/h12,14,16-20,25,34H,5-7,9-11,13,15H2,1-4,8H3,(H,33,35);3H2,1-2H3. The van der Waals surface area contributed by atoms with Gasteiger partial charge in [-0.1, -0.05) is 83.8 Å². The van der Waals surface area contributed by atoms with Crippen molar-refractivity contribution in [1.29, 1.82) is 0 Å². The monoisotopic (exact) mass is 543 g/mol. The Morgan fingerprint density at radius 1 is 1.03 bits per heavy atom. The van der Waals surface area contributed by atoms with Crippen LogP contribution >= 0.6 is 9.21 Å². The smallest absolute Gasteiger partial charge is 0.138 e. The van der Waals surface area contributed by atoms with Crippen molar-refractivity contribution in [1.82, 2.24) is 15.3 Å². The average Bonchev–Trinajstić information content (AvgIpc) is 3.27. The summed E-state index contributed by atoms with van der Waals surface area (Å²) in [6.07, 6.45) is 11.2. The molecule has 0 aliphatic rings. The number of benzene rings is 2. The molecule has 0 aliphatic heterocycles. The van der Waals surface area contributed by atoms with Gasteiger partial charge >= 0.3 is 0 Å². The van der Waals surface area contributed by atoms with Crippen molar-refractivity contribution in [2.24, 2.45) is 0 Å². The summed E-state index contributed by atoms with van der Waals surface area (Å²) in [4.78, 5) is 9.56. The Morgan fingerprint density at radius 3 is 2.38 bits per heavy atom. The molecule has 39 heavy (non-hydrogen) atoms. The number of hydrogen-bond acceptors (Lipinski definition) is 2. The van der Waals surface area contributed by atoms with E-state index in [1.165, 1.54) is 52.7 Å². The van der Waals surface area contributed by atoms with Gasteiger partial charge in [0.15, 0.2) is 0 Å². The first-order chi connectivity index (χ1) is 18.5. The van der Waals surface area contributed by atoms with E-state index in [0.29, 0.717) is 6.04 Å². The van der Waals surface area contributed by atoms with Crippen molar-refractivity contribution in [2.45, 2.75) is 91.0 Å². The van der Waals surface area contributed by atoms with Crippen LogP contribution in [0.25, 0.3) is 38.8 Å². The van der Waals surface area contributed by atoms with Crippen LogP contribution in [0, 0.1) is 13.8 Å². The molecule has 1 atom stereocenters. The third-order valence-corrected chi connectivity index (χ3v) is 8.48. The number of aryl methyl sites for hydroxylation is 2. The second kappa shape index (κ2) is 13.4. The predicted molar refractivity (Wildman–Crippen MR) is 181 cm³/mol. The molecule has 2 aromatic heterocycles. The zero-order valence-corrected chi connectivity index (χ0v) is 26.2. The highest BCUT2D eigenvalue weighted by Gasteiger charge is 2.19. The molecule has 210 valence electrons. The molecule has 0 aliphatic carbocycles. The van der Waals surface area contributed by atoms with E-state index in [9.17, 15) is 0 Å². The highest BCUT2D eigenvalue weighted by atomic mass is 32.2. The molecule has 2 aromatic carbocycles. The van der Waals surface area contributed by atoms with Crippen molar-refractivity contribution in [3.8, 4) is 11.1 Å². The molecule has 0 radical (unpaired) electrons. The minimum absolute atomic E-state index is 0.443. The summed E-state index contributed by atoms with van der Waals surface area (Å²) in [6, 6.07) is 13.7. The lowest BCUT2D eigenvalue weighted by Gasteiger charge is -2.23. The zero-order valence-electron chi connectivity index (χ0n) is 25.3. The highest BCUT2D eigenvalue weighted by molar-refractivity contribution is 8.27. The van der Waals surface area contributed by atoms with Crippen molar-refractivity contribution in [3.05, 3.63) is 65.9 Å². The number of rotatable bonds is 10. The Kier molecular flexibility index (Phi) is 10.5. The van der Waals surface area contributed by atoms with Gasteiger partial charge in [-0.25, -0.2) is 4.98 Å². The Morgan fingerprint density at radius 2 is 1.74 bits per heavy atom. The number of nitrogens with one attached hydrogen (secondary N) is 2. The van der Waals surface area contributed by atoms with Gasteiger partial charge in [0.25, 0.3) is 0 Å². The van der Waals surface area contributed by atoms with Crippen LogP contribution in [0.15, 0.2) is 54.1 Å². The maximum atomic E-state index is 4.72. The van der Waals surface area contributed by atoms with Gasteiger partial charge in [0.1, 0.15) is 5.65 Å². The van der Waals surface area contributed by atoms with Gasteiger partial charge in [0, 0.05) is 34.3 Å². The molecule has 0 spiro atoms. The first-order valence-electron chi connectivity index (χ1n) is 14.5. The molecule has 2 N–H and O–H groups in total. The minimum atomic E-state index is -1.34. The second-order valence-corrected chi connectivity index (χ2v) is 14.2. The lowest BCUT2D eigenvalue weighted by Crippen LogP contribution is -2.27. The Balaban J connectivity index is 0.00000134. The highest BCUT2D eigenvalue weighted by Crippen LogP contribution is 2.40. The van der Waals surface area contributed by atoms with Gasteiger partial charge in [0.05, 0.1) is 5.52 Å². The number of hydrogen-bond donors (Lipinski definition) is 2. The zero-order chi connectivity index (χ0) is 28.7. The topological polar surface area (TPSA) is 40.7 Å². The van der Waals surface area contributed by atoms with Crippen LogP contribution in [-0.2, 0) is 0 Å². The number of pyridine rings is 1. The van der Waals surface area contributed by atoms with Crippen LogP contribution in [0.3, 0.4) is 0 Å². The van der Waals surface area contributed by atoms with Crippen LogP contribution in [0.5, 0.6) is 0 Å². The van der Waals surface area contributed by atoms with E-state index in [2.05, 4.69) is 113 Å². The fourth-order valence-corrected chi connectivity index (χ4v) is 5.94. The molecule has 3 nitrogen and oxygen atoms in total. The van der Waals surface area contributed by atoms with Crippen molar-refractivity contribution < 1.29 is 0 Å². The van der Waals surface area contributed by atoms with Crippen LogP contribution in [0.4, 0.5) is 0 Å². The predicted octanol–water partition coefficient (Wildman–Crippen LogP) is 9.99. The lowest BCUT2D eigenvalue weighted by atomic mass is 9.92. The average molecular weight is 544 g/mol. The van der Waals surface area contributed by atoms with E-state index in [0.717, 1.165) is 46.2 Å². The van der Waals surface area contributed by atoms with Gasteiger partial charge < -0.3 is 10.3 Å². The van der Waals surface area contributed by atoms with Gasteiger partial charge in [-0.15, -0.1) is 0 Å². The molecule has 0 amide bonds. The number of unbranched alkanes of at least 4 members (excludes halogenated alkanes) is 1. The fraction of sp³-hybridized carbons (Fsp3) is 0.400. The van der Waals surface area contributed by atoms with Crippen LogP contribution < -0.4 is 5.32 Å². The number of aromatic nitrogens is 2. The van der Waals surface area contributed by atoms with E-state index in [-0.39, 0.29) is 0 Å². The van der Waals surface area contributed by atoms with E-state index < -0.39 is 9.21 Å². The normalized spacial score (nSPS) is 12.3. The Bertz CT molecular complexity index is 1540. The van der Waals surface area contributed by atoms with Crippen LogP contribution in [-0.4, -0.2) is 34.0 Å². The third-order valence-electron chi connectivity index (χ3n) is 7.08. The minimum Gasteiger partial charge on any atom is -0.382 e. The number of fused-ring (bicyclic) bond motifs is 3. The summed E-state index contributed by atoms with van der Waals surface area (Å²) >= 11 is 0. The van der Waals surface area contributed by atoms with E-state index in [1.54, 1.807) is 0 Å². The Hall–Kier alpha value is -2.98. The van der Waals surface area contributed by atoms with Crippen molar-refractivity contribution in [3.63, 3.8) is 0 Å². The van der Waals surface area contributed by atoms with Gasteiger partial charge in [-0.05, 0) is 84.4 Å². The van der Waals surface area contributed by atoms with E-state index >= 15 is 0 Å². The summed E-state index contributed by atoms with van der Waals surface area (Å²) in [6.45, 7) is 17.6. The SMILES string of the molecule is C=C(NC(CCC)CCCC)c1cc(-c2cccc(S(=C)(=C)C)c2)c2c([nH]c3ncc(C)cc32)c1C.CCC. The first-order valence-corrected chi connectivity index (χ1v) is 16.9. The molecule has 0 bridgehead atoms. The van der Waals surface area contributed by atoms with E-state index in [1.807, 2.05) is 6.20 Å². The summed E-state index contributed by atoms with van der Waals surface area (Å²) in [5.74, 6) is 8.71. The first kappa shape index (κ1) is 30.6. The second-order valence-electron chi connectivity index (χ2n) is 11.1. The van der Waals surface area contributed by atoms with Gasteiger partial charge in [-0.2, -0.15) is 9.21 Å². The molecule has 0 saturated heterocycles. The quantitative estimate of drug-likeness (QED) is 0.195. The number of H-pyrrole nitrogens is 1. The summed E-state index contributed by atoms with van der Waals surface area (Å²) in [5, 5.41) is 6.17. The fourth-order valence-electron chi connectivity index (χ4n) is 5.12. The summed E-state index contributed by atoms with van der Waals surface area (Å²) < 4.78 is 0. The summed E-state index contributed by atoms with van der Waals surface area (Å²) in [5.41, 5.74) is 8.93. The van der Waals surface area contributed by atoms with Crippen LogP contribution in [0.1, 0.15) is 82.9 Å². The molecule has 1 unspecified atom stereocenters. The lowest BCUT2D eigenvalue weighted by molar-refractivity contribution is 0.488. The summed E-state index contributed by atoms with van der Waals surface area (Å²) in [7, 11) is -1.34. The largest absolute Gasteiger partial charge is 0.382 e. The molecule has 4 aromatic rings. The van der Waals surface area contributed by atoms with Crippen molar-refractivity contribution >= 4 is 48.6 Å². The molecule has 2 heterocycles. The van der Waals surface area contributed by atoms with Crippen LogP contribution in [0.2, 0.25) is 0 Å². The number of aromatic amines is 1. The molecule has 4 heteroatoms. The van der Waals surface area contributed by atoms with E-state index in [4.69, 9.17) is 4.98 Å². The molecule has 4 rings (SSSR count). The van der Waals surface area contributed by atoms with Gasteiger partial charge in [0.2, 0.25) is 0 Å². The molecule has 0 fully saturated rings.